The normalized spacial score (nSPS) is 17.8. The number of nitrogens with zero attached hydrogens (tertiary/aromatic N) is 2. The van der Waals surface area contributed by atoms with Crippen LogP contribution in [0.15, 0.2) is 54.6 Å². The van der Waals surface area contributed by atoms with E-state index in [4.69, 9.17) is 9.47 Å². The van der Waals surface area contributed by atoms with Crippen molar-refractivity contribution in [3.8, 4) is 0 Å². The van der Waals surface area contributed by atoms with Gasteiger partial charge >= 0.3 is 0 Å². The molecule has 0 aliphatic carbocycles. The first-order valence-electron chi connectivity index (χ1n) is 10.0. The number of anilines is 1. The molecule has 1 aliphatic heterocycles. The maximum absolute atomic E-state index is 11.8. The van der Waals surface area contributed by atoms with Crippen LogP contribution in [-0.2, 0) is 9.47 Å². The molecule has 2 unspecified atom stereocenters. The lowest BCUT2D eigenvalue weighted by atomic mass is 10.0. The highest BCUT2D eigenvalue weighted by atomic mass is 16.7. The maximum Gasteiger partial charge on any atom is 0.251 e. The number of carbonyl (C=O) groups excluding carboxylic acids is 1. The molecule has 156 valence electrons. The largest absolute Gasteiger partial charge is 0.366 e. The minimum Gasteiger partial charge on any atom is -0.366 e. The molecule has 1 heterocycles. The first kappa shape index (κ1) is 21.3. The Morgan fingerprint density at radius 2 is 1.93 bits per heavy atom. The summed E-state index contributed by atoms with van der Waals surface area (Å²) in [6, 6.07) is 18.5. The average molecular weight is 398 g/mol. The van der Waals surface area contributed by atoms with Crippen molar-refractivity contribution in [3.05, 3.63) is 65.7 Å². The molecule has 2 atom stereocenters. The minimum absolute atomic E-state index is 0.0713. The molecular formula is C23H31N3O3. The van der Waals surface area contributed by atoms with Gasteiger partial charge in [-0.05, 0) is 36.2 Å². The summed E-state index contributed by atoms with van der Waals surface area (Å²) in [5.74, 6) is -0.0713. The number of hydrogen-bond donors (Lipinski definition) is 1. The Balaban J connectivity index is 1.74. The molecule has 0 spiro atoms. The van der Waals surface area contributed by atoms with Crippen LogP contribution in [0.25, 0.3) is 0 Å². The second kappa shape index (κ2) is 10.4. The number of methoxy groups -OCH3 is 1. The lowest BCUT2D eigenvalue weighted by Crippen LogP contribution is -2.36. The van der Waals surface area contributed by atoms with Gasteiger partial charge in [0.25, 0.3) is 5.91 Å². The van der Waals surface area contributed by atoms with Crippen molar-refractivity contribution in [2.75, 3.05) is 52.5 Å². The first-order valence-corrected chi connectivity index (χ1v) is 10.0. The third-order valence-corrected chi connectivity index (χ3v) is 5.50. The van der Waals surface area contributed by atoms with Gasteiger partial charge in [-0.25, -0.2) is 0 Å². The Morgan fingerprint density at radius 1 is 1.21 bits per heavy atom. The van der Waals surface area contributed by atoms with E-state index in [2.05, 4.69) is 46.4 Å². The SMILES string of the molecule is CNC(=O)c1ccc(N(C)C(CN2CCC(OCOC)C2)c2ccccc2)cc1. The molecular weight excluding hydrogens is 366 g/mol. The Labute approximate surface area is 173 Å². The van der Waals surface area contributed by atoms with E-state index in [-0.39, 0.29) is 18.1 Å². The fourth-order valence-corrected chi connectivity index (χ4v) is 3.81. The molecule has 2 aromatic carbocycles. The number of amides is 1. The van der Waals surface area contributed by atoms with Gasteiger partial charge in [0.15, 0.2) is 0 Å². The van der Waals surface area contributed by atoms with Crippen molar-refractivity contribution >= 4 is 11.6 Å². The van der Waals surface area contributed by atoms with Crippen LogP contribution < -0.4 is 10.2 Å². The zero-order valence-corrected chi connectivity index (χ0v) is 17.5. The number of nitrogens with one attached hydrogen (secondary N) is 1. The van der Waals surface area contributed by atoms with E-state index >= 15 is 0 Å². The number of ether oxygens (including phenoxy) is 2. The molecule has 1 saturated heterocycles. The molecule has 0 radical (unpaired) electrons. The molecule has 1 aliphatic rings. The van der Waals surface area contributed by atoms with Gasteiger partial charge in [-0.1, -0.05) is 30.3 Å². The monoisotopic (exact) mass is 397 g/mol. The molecule has 2 aromatic rings. The Hall–Kier alpha value is -2.41. The van der Waals surface area contributed by atoms with Crippen LogP contribution >= 0.6 is 0 Å². The Morgan fingerprint density at radius 3 is 2.59 bits per heavy atom. The van der Waals surface area contributed by atoms with Gasteiger partial charge in [0.2, 0.25) is 0 Å². The first-order chi connectivity index (χ1) is 14.1. The van der Waals surface area contributed by atoms with E-state index < -0.39 is 0 Å². The smallest absolute Gasteiger partial charge is 0.251 e. The van der Waals surface area contributed by atoms with Gasteiger partial charge in [-0.2, -0.15) is 0 Å². The standard InChI is InChI=1S/C23H31N3O3/c1-24-23(27)19-9-11-20(12-10-19)25(2)22(18-7-5-4-6-8-18)16-26-14-13-21(15-26)29-17-28-3/h4-12,21-22H,13-17H2,1-3H3,(H,24,27). The van der Waals surface area contributed by atoms with E-state index in [0.29, 0.717) is 12.4 Å². The summed E-state index contributed by atoms with van der Waals surface area (Å²) in [5.41, 5.74) is 3.02. The predicted octanol–water partition coefficient (Wildman–Crippen LogP) is 2.92. The van der Waals surface area contributed by atoms with E-state index in [1.54, 1.807) is 14.2 Å². The van der Waals surface area contributed by atoms with E-state index in [0.717, 1.165) is 31.7 Å². The molecule has 1 N–H and O–H groups in total. The summed E-state index contributed by atoms with van der Waals surface area (Å²) in [6.45, 7) is 3.18. The van der Waals surface area contributed by atoms with Gasteiger partial charge in [-0.15, -0.1) is 0 Å². The highest BCUT2D eigenvalue weighted by Gasteiger charge is 2.27. The molecule has 3 rings (SSSR count). The number of hydrogen-bond acceptors (Lipinski definition) is 5. The van der Waals surface area contributed by atoms with Crippen molar-refractivity contribution in [2.45, 2.75) is 18.6 Å². The lowest BCUT2D eigenvalue weighted by molar-refractivity contribution is -0.0671. The summed E-state index contributed by atoms with van der Waals surface area (Å²) >= 11 is 0. The summed E-state index contributed by atoms with van der Waals surface area (Å²) in [7, 11) is 5.41. The van der Waals surface area contributed by atoms with Crippen molar-refractivity contribution < 1.29 is 14.3 Å². The molecule has 0 saturated carbocycles. The van der Waals surface area contributed by atoms with Crippen molar-refractivity contribution in [2.24, 2.45) is 0 Å². The number of likely N-dealkylation sites (tertiary alicyclic amines) is 1. The summed E-state index contributed by atoms with van der Waals surface area (Å²) in [4.78, 5) is 16.6. The van der Waals surface area contributed by atoms with Crippen molar-refractivity contribution in [3.63, 3.8) is 0 Å². The lowest BCUT2D eigenvalue weighted by Gasteiger charge is -2.33. The zero-order chi connectivity index (χ0) is 20.6. The molecule has 6 heteroatoms. The molecule has 6 nitrogen and oxygen atoms in total. The maximum atomic E-state index is 11.8. The molecule has 1 amide bonds. The second-order valence-electron chi connectivity index (χ2n) is 7.41. The average Bonchev–Trinajstić information content (AvgIpc) is 3.23. The third kappa shape index (κ3) is 5.56. The van der Waals surface area contributed by atoms with Gasteiger partial charge in [0.05, 0.1) is 12.1 Å². The van der Waals surface area contributed by atoms with Crippen LogP contribution in [0.1, 0.15) is 28.4 Å². The number of likely N-dealkylation sites (N-methyl/N-ethyl adjacent to an activating group) is 1. The van der Waals surface area contributed by atoms with E-state index in [1.807, 2.05) is 30.3 Å². The van der Waals surface area contributed by atoms with Crippen molar-refractivity contribution in [1.29, 1.82) is 0 Å². The highest BCUT2D eigenvalue weighted by molar-refractivity contribution is 5.94. The van der Waals surface area contributed by atoms with Gasteiger partial charge in [0, 0.05) is 52.1 Å². The van der Waals surface area contributed by atoms with Crippen LogP contribution in [0.4, 0.5) is 5.69 Å². The van der Waals surface area contributed by atoms with Gasteiger partial charge < -0.3 is 19.7 Å². The van der Waals surface area contributed by atoms with Gasteiger partial charge in [-0.3, -0.25) is 9.69 Å². The number of carbonyl (C=O) groups is 1. The second-order valence-corrected chi connectivity index (χ2v) is 7.41. The van der Waals surface area contributed by atoms with Crippen LogP contribution in [0.5, 0.6) is 0 Å². The molecule has 0 aromatic heterocycles. The zero-order valence-electron chi connectivity index (χ0n) is 17.5. The number of benzene rings is 2. The molecule has 0 bridgehead atoms. The topological polar surface area (TPSA) is 54.0 Å². The fourth-order valence-electron chi connectivity index (χ4n) is 3.81. The fraction of sp³-hybridized carbons (Fsp3) is 0.435. The Bertz CT molecular complexity index is 767. The van der Waals surface area contributed by atoms with Crippen LogP contribution in [-0.4, -0.2) is 64.5 Å². The Kier molecular flexibility index (Phi) is 7.63. The predicted molar refractivity (Wildman–Crippen MR) is 115 cm³/mol. The molecule has 1 fully saturated rings. The van der Waals surface area contributed by atoms with Crippen LogP contribution in [0.3, 0.4) is 0 Å². The van der Waals surface area contributed by atoms with Crippen LogP contribution in [0.2, 0.25) is 0 Å². The van der Waals surface area contributed by atoms with E-state index in [1.165, 1.54) is 5.56 Å². The summed E-state index contributed by atoms with van der Waals surface area (Å²) in [5, 5.41) is 2.67. The number of rotatable bonds is 9. The quantitative estimate of drug-likeness (QED) is 0.660. The highest BCUT2D eigenvalue weighted by Crippen LogP contribution is 2.28. The van der Waals surface area contributed by atoms with Gasteiger partial charge in [0.1, 0.15) is 6.79 Å². The summed E-state index contributed by atoms with van der Waals surface area (Å²) < 4.78 is 10.8. The summed E-state index contributed by atoms with van der Waals surface area (Å²) in [6.07, 6.45) is 1.25. The van der Waals surface area contributed by atoms with Crippen molar-refractivity contribution in [1.82, 2.24) is 10.2 Å². The van der Waals surface area contributed by atoms with Crippen LogP contribution in [0, 0.1) is 0 Å². The molecule has 29 heavy (non-hydrogen) atoms. The third-order valence-electron chi connectivity index (χ3n) is 5.50. The minimum atomic E-state index is -0.0713. The van der Waals surface area contributed by atoms with E-state index in [9.17, 15) is 4.79 Å².